The minimum absolute atomic E-state index is 0.112. The highest BCUT2D eigenvalue weighted by molar-refractivity contribution is 6.32. The zero-order chi connectivity index (χ0) is 11.7. The Hall–Kier alpha value is -0.910. The summed E-state index contributed by atoms with van der Waals surface area (Å²) in [5.41, 5.74) is 0.759. The summed E-state index contributed by atoms with van der Waals surface area (Å²) in [6.07, 6.45) is 1.56. The molecule has 16 heavy (non-hydrogen) atoms. The number of nitrogens with zero attached hydrogens (tertiary/aromatic N) is 3. The predicted molar refractivity (Wildman–Crippen MR) is 58.5 cm³/mol. The lowest BCUT2D eigenvalue weighted by molar-refractivity contribution is -0.147. The molecule has 5 nitrogen and oxygen atoms in total. The standard InChI is InChI=1S/C9H9Cl2N3O2/c10-7-5(1-12-9(11)13-7)2-14-3-6(4-14)8(15)16/h1,6H,2-4H2,(H,15,16). The molecule has 86 valence electrons. The highest BCUT2D eigenvalue weighted by atomic mass is 35.5. The fourth-order valence-corrected chi connectivity index (χ4v) is 1.93. The first-order valence-electron chi connectivity index (χ1n) is 4.68. The maximum Gasteiger partial charge on any atom is 0.309 e. The van der Waals surface area contributed by atoms with Crippen LogP contribution in [0.5, 0.6) is 0 Å². The van der Waals surface area contributed by atoms with E-state index >= 15 is 0 Å². The van der Waals surface area contributed by atoms with Crippen LogP contribution in [0.4, 0.5) is 0 Å². The van der Waals surface area contributed by atoms with E-state index in [-0.39, 0.29) is 11.2 Å². The molecule has 0 aromatic carbocycles. The van der Waals surface area contributed by atoms with Crippen molar-refractivity contribution in [3.8, 4) is 0 Å². The summed E-state index contributed by atoms with van der Waals surface area (Å²) in [6, 6.07) is 0. The highest BCUT2D eigenvalue weighted by Crippen LogP contribution is 2.22. The summed E-state index contributed by atoms with van der Waals surface area (Å²) in [5.74, 6) is -1.03. The van der Waals surface area contributed by atoms with Crippen LogP contribution in [-0.2, 0) is 11.3 Å². The quantitative estimate of drug-likeness (QED) is 0.657. The Kier molecular flexibility index (Phi) is 3.28. The number of carbonyl (C=O) groups is 1. The molecule has 1 aromatic heterocycles. The van der Waals surface area contributed by atoms with E-state index < -0.39 is 5.97 Å². The Morgan fingerprint density at radius 2 is 2.25 bits per heavy atom. The molecule has 7 heteroatoms. The van der Waals surface area contributed by atoms with E-state index in [1.807, 2.05) is 4.90 Å². The number of hydrogen-bond donors (Lipinski definition) is 1. The van der Waals surface area contributed by atoms with Gasteiger partial charge in [-0.05, 0) is 11.6 Å². The molecule has 1 aliphatic heterocycles. The maximum atomic E-state index is 10.6. The molecular weight excluding hydrogens is 253 g/mol. The molecule has 1 saturated heterocycles. The lowest BCUT2D eigenvalue weighted by atomic mass is 10.0. The van der Waals surface area contributed by atoms with E-state index in [2.05, 4.69) is 9.97 Å². The van der Waals surface area contributed by atoms with Crippen molar-refractivity contribution in [3.63, 3.8) is 0 Å². The first-order valence-corrected chi connectivity index (χ1v) is 5.44. The second-order valence-electron chi connectivity index (χ2n) is 3.68. The van der Waals surface area contributed by atoms with Crippen molar-refractivity contribution in [2.24, 2.45) is 5.92 Å². The average Bonchev–Trinajstić information content (AvgIpc) is 2.12. The van der Waals surface area contributed by atoms with Crippen LogP contribution < -0.4 is 0 Å². The molecule has 0 unspecified atom stereocenters. The molecule has 0 bridgehead atoms. The van der Waals surface area contributed by atoms with Gasteiger partial charge in [-0.15, -0.1) is 0 Å². The maximum absolute atomic E-state index is 10.6. The number of carboxylic acid groups (broad SMARTS) is 1. The summed E-state index contributed by atoms with van der Waals surface area (Å²) < 4.78 is 0. The topological polar surface area (TPSA) is 66.3 Å². The van der Waals surface area contributed by atoms with Crippen molar-refractivity contribution in [1.29, 1.82) is 0 Å². The van der Waals surface area contributed by atoms with Crippen LogP contribution >= 0.6 is 23.2 Å². The van der Waals surface area contributed by atoms with Gasteiger partial charge in [0.2, 0.25) is 5.28 Å². The van der Waals surface area contributed by atoms with Crippen LogP contribution in [0.1, 0.15) is 5.56 Å². The van der Waals surface area contributed by atoms with Crippen molar-refractivity contribution in [2.75, 3.05) is 13.1 Å². The van der Waals surface area contributed by atoms with Gasteiger partial charge in [0, 0.05) is 31.4 Å². The summed E-state index contributed by atoms with van der Waals surface area (Å²) >= 11 is 11.4. The zero-order valence-corrected chi connectivity index (χ0v) is 9.74. The summed E-state index contributed by atoms with van der Waals surface area (Å²) in [6.45, 7) is 1.63. The first-order chi connectivity index (χ1) is 7.56. The fraction of sp³-hybridized carbons (Fsp3) is 0.444. The number of likely N-dealkylation sites (tertiary alicyclic amines) is 1. The normalized spacial score (nSPS) is 17.1. The van der Waals surface area contributed by atoms with Gasteiger partial charge in [-0.3, -0.25) is 9.69 Å². The van der Waals surface area contributed by atoms with Crippen LogP contribution in [0.25, 0.3) is 0 Å². The molecule has 1 N–H and O–H groups in total. The molecule has 2 heterocycles. The number of hydrogen-bond acceptors (Lipinski definition) is 4. The second kappa shape index (κ2) is 4.53. The molecule has 0 radical (unpaired) electrons. The molecule has 0 atom stereocenters. The van der Waals surface area contributed by atoms with Crippen molar-refractivity contribution in [2.45, 2.75) is 6.54 Å². The molecule has 0 amide bonds. The molecular formula is C9H9Cl2N3O2. The number of halogens is 2. The number of aliphatic carboxylic acids is 1. The largest absolute Gasteiger partial charge is 0.481 e. The fourth-order valence-electron chi connectivity index (χ4n) is 1.57. The van der Waals surface area contributed by atoms with Crippen LogP contribution in [0.3, 0.4) is 0 Å². The summed E-state index contributed by atoms with van der Waals surface area (Å²) in [5, 5.41) is 9.14. The minimum Gasteiger partial charge on any atom is -0.481 e. The van der Waals surface area contributed by atoms with Crippen molar-refractivity contribution in [1.82, 2.24) is 14.9 Å². The van der Waals surface area contributed by atoms with Gasteiger partial charge >= 0.3 is 5.97 Å². The Labute approximate surface area is 102 Å². The zero-order valence-electron chi connectivity index (χ0n) is 8.23. The van der Waals surface area contributed by atoms with E-state index in [0.29, 0.717) is 24.8 Å². The third-order valence-electron chi connectivity index (χ3n) is 2.48. The van der Waals surface area contributed by atoms with Crippen LogP contribution in [0, 0.1) is 5.92 Å². The summed E-state index contributed by atoms with van der Waals surface area (Å²) in [7, 11) is 0. The van der Waals surface area contributed by atoms with Gasteiger partial charge in [0.15, 0.2) is 0 Å². The number of carboxylic acids is 1. The van der Waals surface area contributed by atoms with E-state index in [1.165, 1.54) is 0 Å². The minimum atomic E-state index is -0.755. The smallest absolute Gasteiger partial charge is 0.309 e. The third kappa shape index (κ3) is 2.42. The Morgan fingerprint density at radius 1 is 1.56 bits per heavy atom. The third-order valence-corrected chi connectivity index (χ3v) is 2.99. The Bertz CT molecular complexity index is 421. The van der Waals surface area contributed by atoms with Gasteiger partial charge in [-0.25, -0.2) is 9.97 Å². The monoisotopic (exact) mass is 261 g/mol. The van der Waals surface area contributed by atoms with E-state index in [1.54, 1.807) is 6.20 Å². The van der Waals surface area contributed by atoms with Gasteiger partial charge in [-0.2, -0.15) is 0 Å². The van der Waals surface area contributed by atoms with E-state index in [9.17, 15) is 4.79 Å². The molecule has 0 spiro atoms. The molecule has 1 aromatic rings. The SMILES string of the molecule is O=C(O)C1CN(Cc2cnc(Cl)nc2Cl)C1. The molecule has 1 fully saturated rings. The van der Waals surface area contributed by atoms with Crippen LogP contribution in [-0.4, -0.2) is 39.0 Å². The second-order valence-corrected chi connectivity index (χ2v) is 4.38. The highest BCUT2D eigenvalue weighted by Gasteiger charge is 2.32. The lowest BCUT2D eigenvalue weighted by Gasteiger charge is -2.36. The average molecular weight is 262 g/mol. The first kappa shape index (κ1) is 11.6. The van der Waals surface area contributed by atoms with Crippen LogP contribution in [0.15, 0.2) is 6.20 Å². The Morgan fingerprint density at radius 3 is 2.81 bits per heavy atom. The molecule has 0 saturated carbocycles. The van der Waals surface area contributed by atoms with Crippen LogP contribution in [0.2, 0.25) is 10.4 Å². The predicted octanol–water partition coefficient (Wildman–Crippen LogP) is 1.30. The van der Waals surface area contributed by atoms with Gasteiger partial charge in [0.25, 0.3) is 0 Å². The van der Waals surface area contributed by atoms with Gasteiger partial charge in [-0.1, -0.05) is 11.6 Å². The van der Waals surface area contributed by atoms with E-state index in [4.69, 9.17) is 28.3 Å². The van der Waals surface area contributed by atoms with Gasteiger partial charge < -0.3 is 5.11 Å². The van der Waals surface area contributed by atoms with Crippen molar-refractivity contribution in [3.05, 3.63) is 22.2 Å². The van der Waals surface area contributed by atoms with Crippen molar-refractivity contribution < 1.29 is 9.90 Å². The molecule has 2 rings (SSSR count). The Balaban J connectivity index is 1.94. The number of aromatic nitrogens is 2. The lowest BCUT2D eigenvalue weighted by Crippen LogP contribution is -2.49. The molecule has 1 aliphatic rings. The van der Waals surface area contributed by atoms with Gasteiger partial charge in [0.1, 0.15) is 5.15 Å². The molecule has 0 aliphatic carbocycles. The van der Waals surface area contributed by atoms with E-state index in [0.717, 1.165) is 5.56 Å². The number of rotatable bonds is 3. The summed E-state index contributed by atoms with van der Waals surface area (Å²) in [4.78, 5) is 20.2. The van der Waals surface area contributed by atoms with Gasteiger partial charge in [0.05, 0.1) is 5.92 Å². The van der Waals surface area contributed by atoms with Crippen molar-refractivity contribution >= 4 is 29.2 Å².